The molecule has 2 aromatic heterocycles. The van der Waals surface area contributed by atoms with Crippen molar-refractivity contribution in [1.82, 2.24) is 19.7 Å². The van der Waals surface area contributed by atoms with Crippen molar-refractivity contribution < 1.29 is 9.59 Å². The summed E-state index contributed by atoms with van der Waals surface area (Å²) < 4.78 is 1.88. The number of rotatable bonds is 3. The number of nitrogens with one attached hydrogen (secondary N) is 1. The van der Waals surface area contributed by atoms with Gasteiger partial charge in [-0.2, -0.15) is 5.10 Å². The van der Waals surface area contributed by atoms with E-state index in [1.54, 1.807) is 29.3 Å². The van der Waals surface area contributed by atoms with Crippen LogP contribution in [0.1, 0.15) is 26.4 Å². The smallest absolute Gasteiger partial charge is 0.275 e. The van der Waals surface area contributed by atoms with Crippen molar-refractivity contribution in [1.29, 1.82) is 0 Å². The molecule has 0 spiro atoms. The highest BCUT2D eigenvalue weighted by Gasteiger charge is 2.26. The van der Waals surface area contributed by atoms with E-state index in [-0.39, 0.29) is 11.8 Å². The number of fused-ring (bicyclic) bond motifs is 2. The normalized spacial score (nSPS) is 15.3. The van der Waals surface area contributed by atoms with Crippen LogP contribution < -0.4 is 10.2 Å². The number of carbonyl (C=O) groups is 2. The summed E-state index contributed by atoms with van der Waals surface area (Å²) in [5.41, 5.74) is 3.23. The van der Waals surface area contributed by atoms with Gasteiger partial charge in [0.25, 0.3) is 11.8 Å². The van der Waals surface area contributed by atoms with Crippen LogP contribution in [0.2, 0.25) is 0 Å². The van der Waals surface area contributed by atoms with Crippen LogP contribution in [0.15, 0.2) is 48.7 Å². The molecule has 0 radical (unpaired) electrons. The molecular weight excluding hydrogens is 368 g/mol. The molecule has 146 valence electrons. The molecule has 8 heteroatoms. The van der Waals surface area contributed by atoms with E-state index in [9.17, 15) is 9.59 Å². The molecule has 0 saturated carbocycles. The first-order chi connectivity index (χ1) is 14.1. The van der Waals surface area contributed by atoms with Gasteiger partial charge in [-0.25, -0.2) is 4.68 Å². The predicted octanol–water partition coefficient (Wildman–Crippen LogP) is 2.31. The fraction of sp³-hybridized carbons (Fsp3) is 0.238. The molecule has 5 rings (SSSR count). The maximum atomic E-state index is 12.3. The van der Waals surface area contributed by atoms with Crippen LogP contribution in [0, 0.1) is 0 Å². The highest BCUT2D eigenvalue weighted by atomic mass is 16.2. The zero-order valence-corrected chi connectivity index (χ0v) is 16.0. The lowest BCUT2D eigenvalue weighted by Crippen LogP contribution is -2.34. The molecule has 0 atom stereocenters. The van der Waals surface area contributed by atoms with Crippen LogP contribution in [0.3, 0.4) is 0 Å². The van der Waals surface area contributed by atoms with Crippen molar-refractivity contribution in [3.8, 4) is 0 Å². The van der Waals surface area contributed by atoms with Crippen molar-refractivity contribution in [3.05, 3.63) is 65.5 Å². The molecule has 8 nitrogen and oxygen atoms in total. The lowest BCUT2D eigenvalue weighted by atomic mass is 9.98. The van der Waals surface area contributed by atoms with Gasteiger partial charge in [-0.05, 0) is 42.3 Å². The third kappa shape index (κ3) is 3.02. The molecule has 2 amide bonds. The van der Waals surface area contributed by atoms with Gasteiger partial charge < -0.3 is 15.1 Å². The largest absolute Gasteiger partial charge is 0.341 e. The predicted molar refractivity (Wildman–Crippen MR) is 109 cm³/mol. The number of amides is 2. The average Bonchev–Trinajstić information content (AvgIpc) is 3.31. The second-order valence-electron chi connectivity index (χ2n) is 7.25. The maximum Gasteiger partial charge on any atom is 0.275 e. The van der Waals surface area contributed by atoms with Crippen molar-refractivity contribution in [3.63, 3.8) is 0 Å². The van der Waals surface area contributed by atoms with Gasteiger partial charge in [0.2, 0.25) is 0 Å². The van der Waals surface area contributed by atoms with Gasteiger partial charge in [0.1, 0.15) is 11.5 Å². The minimum atomic E-state index is -0.287. The summed E-state index contributed by atoms with van der Waals surface area (Å²) >= 11 is 0. The Morgan fingerprint density at radius 2 is 2.00 bits per heavy atom. The Morgan fingerprint density at radius 1 is 1.10 bits per heavy atom. The van der Waals surface area contributed by atoms with Gasteiger partial charge in [-0.3, -0.25) is 14.6 Å². The molecule has 1 aromatic carbocycles. The van der Waals surface area contributed by atoms with Crippen LogP contribution in [-0.2, 0) is 13.0 Å². The fourth-order valence-corrected chi connectivity index (χ4v) is 3.86. The van der Waals surface area contributed by atoms with Crippen LogP contribution >= 0.6 is 0 Å². The van der Waals surface area contributed by atoms with E-state index in [1.807, 2.05) is 29.9 Å². The molecule has 1 N–H and O–H groups in total. The lowest BCUT2D eigenvalue weighted by molar-refractivity contribution is 0.0780. The average molecular weight is 388 g/mol. The Kier molecular flexibility index (Phi) is 4.04. The Morgan fingerprint density at radius 3 is 2.83 bits per heavy atom. The Balaban J connectivity index is 1.39. The number of hydrogen-bond acceptors (Lipinski definition) is 5. The molecule has 29 heavy (non-hydrogen) atoms. The molecule has 3 aromatic rings. The van der Waals surface area contributed by atoms with Crippen molar-refractivity contribution >= 4 is 29.1 Å². The van der Waals surface area contributed by atoms with Crippen molar-refractivity contribution in [2.45, 2.75) is 13.0 Å². The van der Waals surface area contributed by atoms with Gasteiger partial charge in [0, 0.05) is 43.7 Å². The first kappa shape index (κ1) is 17.4. The highest BCUT2D eigenvalue weighted by Crippen LogP contribution is 2.34. The van der Waals surface area contributed by atoms with Crippen LogP contribution in [0.5, 0.6) is 0 Å². The molecule has 0 aliphatic carbocycles. The molecule has 2 aliphatic heterocycles. The zero-order valence-electron chi connectivity index (χ0n) is 16.0. The highest BCUT2D eigenvalue weighted by molar-refractivity contribution is 6.02. The molecular formula is C21H20N6O2. The summed E-state index contributed by atoms with van der Waals surface area (Å²) in [4.78, 5) is 32.6. The number of hydrogen-bond donors (Lipinski definition) is 1. The van der Waals surface area contributed by atoms with E-state index < -0.39 is 0 Å². The number of carbonyl (C=O) groups excluding carboxylic acids is 2. The van der Waals surface area contributed by atoms with Gasteiger partial charge in [0.15, 0.2) is 5.82 Å². The van der Waals surface area contributed by atoms with E-state index in [2.05, 4.69) is 26.4 Å². The van der Waals surface area contributed by atoms with Gasteiger partial charge in [0.05, 0.1) is 6.54 Å². The van der Waals surface area contributed by atoms with Gasteiger partial charge in [-0.1, -0.05) is 6.07 Å². The summed E-state index contributed by atoms with van der Waals surface area (Å²) in [6, 6.07) is 13.0. The Bertz CT molecular complexity index is 1110. The van der Waals surface area contributed by atoms with E-state index in [1.165, 1.54) is 0 Å². The maximum absolute atomic E-state index is 12.3. The third-order valence-corrected chi connectivity index (χ3v) is 5.40. The molecule has 0 unspecified atom stereocenters. The summed E-state index contributed by atoms with van der Waals surface area (Å²) in [5.74, 6) is 1.20. The molecule has 4 heterocycles. The monoisotopic (exact) mass is 388 g/mol. The van der Waals surface area contributed by atoms with Crippen molar-refractivity contribution in [2.75, 3.05) is 30.4 Å². The summed E-state index contributed by atoms with van der Waals surface area (Å²) in [6.07, 6.45) is 2.44. The standard InChI is InChI=1S/C21H20N6O2/c1-25-9-7-14-12-15(5-6-16(14)21(25)29)26-10-11-27-19(26)13-18(24-27)23-20(28)17-4-2-3-8-22-17/h2-6,8,12-13H,7,9-11H2,1H3,(H,23,24,28). The van der Waals surface area contributed by atoms with Gasteiger partial charge >= 0.3 is 0 Å². The number of aromatic nitrogens is 3. The van der Waals surface area contributed by atoms with E-state index in [0.29, 0.717) is 11.5 Å². The van der Waals surface area contributed by atoms with Crippen LogP contribution in [0.4, 0.5) is 17.3 Å². The molecule has 0 bridgehead atoms. The van der Waals surface area contributed by atoms with Crippen molar-refractivity contribution in [2.24, 2.45) is 0 Å². The van der Waals surface area contributed by atoms with Crippen LogP contribution in [-0.4, -0.2) is 51.6 Å². The minimum Gasteiger partial charge on any atom is -0.341 e. The topological polar surface area (TPSA) is 83.4 Å². The molecule has 0 saturated heterocycles. The SMILES string of the molecule is CN1CCc2cc(N3CCn4nc(NC(=O)c5ccccn5)cc43)ccc2C1=O. The lowest BCUT2D eigenvalue weighted by Gasteiger charge is -2.26. The first-order valence-electron chi connectivity index (χ1n) is 9.56. The van der Waals surface area contributed by atoms with Crippen LogP contribution in [0.25, 0.3) is 0 Å². The minimum absolute atomic E-state index is 0.0729. The summed E-state index contributed by atoms with van der Waals surface area (Å²) in [6.45, 7) is 2.26. The number of anilines is 3. The van der Waals surface area contributed by atoms with E-state index in [0.717, 1.165) is 48.7 Å². The second-order valence-corrected chi connectivity index (χ2v) is 7.25. The number of benzene rings is 1. The quantitative estimate of drug-likeness (QED) is 0.744. The number of likely N-dealkylation sites (N-methyl/N-ethyl adjacent to an activating group) is 1. The van der Waals surface area contributed by atoms with Gasteiger partial charge in [-0.15, -0.1) is 0 Å². The first-order valence-corrected chi connectivity index (χ1v) is 9.56. The second kappa shape index (κ2) is 6.73. The zero-order chi connectivity index (χ0) is 20.0. The molecule has 2 aliphatic rings. The Hall–Kier alpha value is -3.68. The Labute approximate surface area is 167 Å². The molecule has 0 fully saturated rings. The summed E-state index contributed by atoms with van der Waals surface area (Å²) in [7, 11) is 1.83. The number of pyridine rings is 1. The van der Waals surface area contributed by atoms with E-state index in [4.69, 9.17) is 0 Å². The fourth-order valence-electron chi connectivity index (χ4n) is 3.86. The number of nitrogens with zero attached hydrogens (tertiary/aromatic N) is 5. The van der Waals surface area contributed by atoms with E-state index >= 15 is 0 Å². The third-order valence-electron chi connectivity index (χ3n) is 5.40. The summed E-state index contributed by atoms with van der Waals surface area (Å²) in [5, 5.41) is 7.31.